The van der Waals surface area contributed by atoms with Crippen LogP contribution in [0.1, 0.15) is 34.1 Å². The summed E-state index contributed by atoms with van der Waals surface area (Å²) in [4.78, 5) is 18.2. The van der Waals surface area contributed by atoms with Crippen LogP contribution in [0.4, 0.5) is 28.9 Å². The lowest BCUT2D eigenvalue weighted by Crippen LogP contribution is -2.62. The molecule has 1 amide bonds. The summed E-state index contributed by atoms with van der Waals surface area (Å²) >= 11 is 0. The number of carbonyl (C=O) groups is 1. The molecular formula is C28H27F4N3O3. The average molecular weight is 530 g/mol. The van der Waals surface area contributed by atoms with Crippen LogP contribution >= 0.6 is 0 Å². The third-order valence-corrected chi connectivity index (χ3v) is 7.22. The number of nitrogens with one attached hydrogen (secondary N) is 1. The predicted octanol–water partition coefficient (Wildman–Crippen LogP) is 5.02. The molecule has 1 aromatic heterocycles. The summed E-state index contributed by atoms with van der Waals surface area (Å²) in [5.41, 5.74) is 0.613. The van der Waals surface area contributed by atoms with Gasteiger partial charge in [-0.05, 0) is 60.0 Å². The number of aromatic nitrogens is 1. The molecule has 2 aliphatic rings. The fraction of sp³-hybridized carbons (Fsp3) is 0.357. The molecule has 0 aliphatic carbocycles. The predicted molar refractivity (Wildman–Crippen MR) is 135 cm³/mol. The number of ether oxygens (including phenoxy) is 1. The van der Waals surface area contributed by atoms with Crippen molar-refractivity contribution in [1.29, 1.82) is 0 Å². The molecule has 10 heteroatoms. The zero-order valence-corrected chi connectivity index (χ0v) is 20.9. The number of alkyl halides is 3. The second kappa shape index (κ2) is 9.67. The minimum absolute atomic E-state index is 0.0235. The zero-order valence-electron chi connectivity index (χ0n) is 20.9. The Morgan fingerprint density at radius 1 is 1.26 bits per heavy atom. The van der Waals surface area contributed by atoms with E-state index in [-0.39, 0.29) is 24.2 Å². The topological polar surface area (TPSA) is 74.7 Å². The van der Waals surface area contributed by atoms with E-state index in [1.54, 1.807) is 29.2 Å². The molecule has 1 fully saturated rings. The van der Waals surface area contributed by atoms with E-state index in [2.05, 4.69) is 10.3 Å². The van der Waals surface area contributed by atoms with Gasteiger partial charge in [-0.15, -0.1) is 0 Å². The average Bonchev–Trinajstić information content (AvgIpc) is 2.90. The van der Waals surface area contributed by atoms with E-state index in [4.69, 9.17) is 4.74 Å². The molecule has 0 radical (unpaired) electrons. The van der Waals surface area contributed by atoms with Crippen LogP contribution in [-0.2, 0) is 17.1 Å². The van der Waals surface area contributed by atoms with Crippen molar-refractivity contribution in [3.8, 4) is 11.1 Å². The molecule has 0 bridgehead atoms. The van der Waals surface area contributed by atoms with Crippen molar-refractivity contribution in [3.63, 3.8) is 0 Å². The Morgan fingerprint density at radius 2 is 2.05 bits per heavy atom. The maximum atomic E-state index is 15.6. The monoisotopic (exact) mass is 529 g/mol. The van der Waals surface area contributed by atoms with Crippen LogP contribution in [0.3, 0.4) is 0 Å². The van der Waals surface area contributed by atoms with E-state index in [1.165, 1.54) is 12.1 Å². The summed E-state index contributed by atoms with van der Waals surface area (Å²) in [5, 5.41) is 12.5. The molecule has 3 aromatic rings. The number of anilines is 2. The molecule has 0 spiro atoms. The van der Waals surface area contributed by atoms with Crippen LogP contribution in [0, 0.1) is 12.7 Å². The number of aryl methyl sites for hydroxylation is 1. The SMILES string of the molecule is Cc1ccc(NC(=O)c2ccnc(C(C)(F)F)c2)cc1-c1cc(F)c2c(c1)N1CCOC[C@H]1[C@](F)(CO)C2. The van der Waals surface area contributed by atoms with Gasteiger partial charge in [0.25, 0.3) is 11.8 Å². The van der Waals surface area contributed by atoms with Crippen LogP contribution in [0.25, 0.3) is 11.1 Å². The molecule has 2 N–H and O–H groups in total. The molecule has 1 saturated heterocycles. The number of hydrogen-bond donors (Lipinski definition) is 2. The number of fused-ring (bicyclic) bond motifs is 3. The van der Waals surface area contributed by atoms with Crippen molar-refractivity contribution in [2.75, 3.05) is 36.6 Å². The molecule has 200 valence electrons. The number of aliphatic hydroxyl groups excluding tert-OH is 1. The molecule has 2 atom stereocenters. The van der Waals surface area contributed by atoms with Crippen LogP contribution in [0.15, 0.2) is 48.7 Å². The lowest BCUT2D eigenvalue weighted by Gasteiger charge is -2.48. The van der Waals surface area contributed by atoms with Crippen molar-refractivity contribution in [3.05, 3.63) is 76.9 Å². The first-order valence-corrected chi connectivity index (χ1v) is 12.2. The summed E-state index contributed by atoms with van der Waals surface area (Å²) in [6, 6.07) is 9.86. The molecule has 2 aromatic carbocycles. The minimum atomic E-state index is -3.19. The van der Waals surface area contributed by atoms with Gasteiger partial charge in [-0.25, -0.2) is 8.78 Å². The highest BCUT2D eigenvalue weighted by Crippen LogP contribution is 2.43. The number of carbonyl (C=O) groups excluding carboxylic acids is 1. The Bertz CT molecular complexity index is 1390. The summed E-state index contributed by atoms with van der Waals surface area (Å²) in [6.45, 7) is 2.60. The number of hydrogen-bond acceptors (Lipinski definition) is 5. The van der Waals surface area contributed by atoms with Crippen molar-refractivity contribution in [2.24, 2.45) is 0 Å². The van der Waals surface area contributed by atoms with E-state index in [1.807, 2.05) is 6.92 Å². The Balaban J connectivity index is 1.48. The number of pyridine rings is 1. The molecule has 3 heterocycles. The maximum absolute atomic E-state index is 15.6. The highest BCUT2D eigenvalue weighted by molar-refractivity contribution is 6.04. The molecule has 0 unspecified atom stereocenters. The van der Waals surface area contributed by atoms with Gasteiger partial charge in [-0.2, -0.15) is 8.78 Å². The minimum Gasteiger partial charge on any atom is -0.393 e. The summed E-state index contributed by atoms with van der Waals surface area (Å²) in [5.74, 6) is -4.37. The fourth-order valence-corrected chi connectivity index (χ4v) is 5.13. The number of rotatable bonds is 5. The Morgan fingerprint density at radius 3 is 2.79 bits per heavy atom. The number of aliphatic hydroxyl groups is 1. The van der Waals surface area contributed by atoms with Gasteiger partial charge in [0.1, 0.15) is 11.5 Å². The number of benzene rings is 2. The highest BCUT2D eigenvalue weighted by atomic mass is 19.3. The van der Waals surface area contributed by atoms with Crippen LogP contribution in [0.2, 0.25) is 0 Å². The smallest absolute Gasteiger partial charge is 0.286 e. The normalized spacial score (nSPS) is 21.0. The van der Waals surface area contributed by atoms with E-state index < -0.39 is 41.7 Å². The van der Waals surface area contributed by atoms with Gasteiger partial charge in [-0.1, -0.05) is 6.07 Å². The first kappa shape index (κ1) is 26.1. The summed E-state index contributed by atoms with van der Waals surface area (Å²) < 4.78 is 63.8. The fourth-order valence-electron chi connectivity index (χ4n) is 5.13. The van der Waals surface area contributed by atoms with Gasteiger partial charge in [0.15, 0.2) is 5.67 Å². The zero-order chi connectivity index (χ0) is 27.2. The first-order valence-electron chi connectivity index (χ1n) is 12.2. The second-order valence-electron chi connectivity index (χ2n) is 9.91. The molecule has 5 rings (SSSR count). The van der Waals surface area contributed by atoms with Crippen LogP contribution in [-0.4, -0.2) is 54.1 Å². The molecule has 0 saturated carbocycles. The largest absolute Gasteiger partial charge is 0.393 e. The van der Waals surface area contributed by atoms with Gasteiger partial charge in [0.05, 0.1) is 25.9 Å². The molecule has 6 nitrogen and oxygen atoms in total. The van der Waals surface area contributed by atoms with Crippen molar-refractivity contribution in [2.45, 2.75) is 37.9 Å². The number of morpholine rings is 1. The number of nitrogens with zero attached hydrogens (tertiary/aromatic N) is 2. The third-order valence-electron chi connectivity index (χ3n) is 7.22. The third kappa shape index (κ3) is 4.74. The molecule has 2 aliphatic heterocycles. The Hall–Kier alpha value is -3.50. The second-order valence-corrected chi connectivity index (χ2v) is 9.91. The summed E-state index contributed by atoms with van der Waals surface area (Å²) in [6.07, 6.45) is 0.884. The first-order chi connectivity index (χ1) is 18.0. The van der Waals surface area contributed by atoms with E-state index in [0.717, 1.165) is 17.8 Å². The van der Waals surface area contributed by atoms with Gasteiger partial charge in [0, 0.05) is 48.6 Å². The Kier molecular flexibility index (Phi) is 6.65. The van der Waals surface area contributed by atoms with E-state index >= 15 is 8.78 Å². The van der Waals surface area contributed by atoms with Gasteiger partial charge in [0.2, 0.25) is 0 Å². The maximum Gasteiger partial charge on any atom is 0.286 e. The number of amides is 1. The summed E-state index contributed by atoms with van der Waals surface area (Å²) in [7, 11) is 0. The van der Waals surface area contributed by atoms with Crippen LogP contribution < -0.4 is 10.2 Å². The quantitative estimate of drug-likeness (QED) is 0.454. The van der Waals surface area contributed by atoms with Crippen molar-refractivity contribution < 1.29 is 32.2 Å². The van der Waals surface area contributed by atoms with Crippen molar-refractivity contribution in [1.82, 2.24) is 4.98 Å². The Labute approximate surface area is 217 Å². The van der Waals surface area contributed by atoms with Gasteiger partial charge in [-0.3, -0.25) is 9.78 Å². The standard InChI is InChI=1S/C28H27F4N3O3/c1-16-3-4-19(34-26(37)17-5-6-33-24(11-17)27(2,30)31)12-20(16)18-9-22(29)21-13-28(32,15-36)25-14-38-8-7-35(25)23(21)10-18/h3-6,9-12,25,36H,7-8,13-15H2,1-2H3,(H,34,37)/t25-,28+/m0/s1. The lowest BCUT2D eigenvalue weighted by molar-refractivity contribution is -0.0178. The lowest BCUT2D eigenvalue weighted by atomic mass is 9.81. The van der Waals surface area contributed by atoms with E-state index in [0.29, 0.717) is 42.6 Å². The van der Waals surface area contributed by atoms with E-state index in [9.17, 15) is 18.7 Å². The van der Waals surface area contributed by atoms with Crippen molar-refractivity contribution >= 4 is 17.3 Å². The highest BCUT2D eigenvalue weighted by Gasteiger charge is 2.49. The molecular weight excluding hydrogens is 502 g/mol. The van der Waals surface area contributed by atoms with Gasteiger partial charge < -0.3 is 20.1 Å². The number of halogens is 4. The van der Waals surface area contributed by atoms with Gasteiger partial charge >= 0.3 is 0 Å². The van der Waals surface area contributed by atoms with Crippen LogP contribution in [0.5, 0.6) is 0 Å². The molecule has 38 heavy (non-hydrogen) atoms.